The molecule has 0 aliphatic heterocycles. The molecule has 0 N–H and O–H groups in total. The predicted octanol–water partition coefficient (Wildman–Crippen LogP) is 6.06. The minimum Gasteiger partial charge on any atom is -0.494 e. The third-order valence-electron chi connectivity index (χ3n) is 4.96. The van der Waals surface area contributed by atoms with Crippen molar-refractivity contribution in [2.24, 2.45) is 4.99 Å². The van der Waals surface area contributed by atoms with Gasteiger partial charge >= 0.3 is 0 Å². The maximum Gasteiger partial charge on any atom is 0.161 e. The number of methoxy groups -OCH3 is 2. The first-order valence-electron chi connectivity index (χ1n) is 10.2. The van der Waals surface area contributed by atoms with Crippen molar-refractivity contribution < 1.29 is 18.6 Å². The molecule has 0 fully saturated rings. The zero-order chi connectivity index (χ0) is 21.8. The van der Waals surface area contributed by atoms with Gasteiger partial charge in [0.05, 0.1) is 31.9 Å². The lowest BCUT2D eigenvalue weighted by Crippen LogP contribution is -2.03. The molecule has 0 radical (unpaired) electrons. The van der Waals surface area contributed by atoms with Crippen LogP contribution in [-0.4, -0.2) is 20.8 Å². The summed E-state index contributed by atoms with van der Waals surface area (Å²) in [5.74, 6) is 2.84. The van der Waals surface area contributed by atoms with Crippen LogP contribution in [0.15, 0.2) is 76.1 Å². The summed E-state index contributed by atoms with van der Waals surface area (Å²) in [6.07, 6.45) is 0. The molecule has 1 aromatic heterocycles. The molecule has 0 bridgehead atoms. The molecule has 3 aromatic carbocycles. The highest BCUT2D eigenvalue weighted by Crippen LogP contribution is 2.33. The summed E-state index contributed by atoms with van der Waals surface area (Å²) in [5, 5.41) is 1.79. The van der Waals surface area contributed by atoms with E-state index >= 15 is 0 Å². The summed E-state index contributed by atoms with van der Waals surface area (Å²) in [6, 6.07) is 21.5. The van der Waals surface area contributed by atoms with E-state index in [1.54, 1.807) is 14.2 Å². The number of hydrogen-bond donors (Lipinski definition) is 0. The third kappa shape index (κ3) is 4.40. The summed E-state index contributed by atoms with van der Waals surface area (Å²) in [6.45, 7) is 4.66. The van der Waals surface area contributed by atoms with Crippen LogP contribution in [0.5, 0.6) is 17.2 Å². The summed E-state index contributed by atoms with van der Waals surface area (Å²) in [4.78, 5) is 4.90. The van der Waals surface area contributed by atoms with Crippen molar-refractivity contribution in [1.29, 1.82) is 0 Å². The molecule has 5 nitrogen and oxygen atoms in total. The Morgan fingerprint density at radius 2 is 1.61 bits per heavy atom. The quantitative estimate of drug-likeness (QED) is 0.384. The Morgan fingerprint density at radius 3 is 2.32 bits per heavy atom. The van der Waals surface area contributed by atoms with Crippen molar-refractivity contribution >= 4 is 16.7 Å². The number of rotatable bonds is 6. The van der Waals surface area contributed by atoms with Crippen molar-refractivity contribution in [3.8, 4) is 28.6 Å². The van der Waals surface area contributed by atoms with E-state index in [0.717, 1.165) is 38.9 Å². The van der Waals surface area contributed by atoms with E-state index in [-0.39, 0.29) is 0 Å². The molecule has 158 valence electrons. The highest BCUT2D eigenvalue weighted by atomic mass is 16.5. The van der Waals surface area contributed by atoms with Crippen LogP contribution in [0.25, 0.3) is 22.3 Å². The highest BCUT2D eigenvalue weighted by molar-refractivity contribution is 5.79. The molecule has 4 rings (SSSR count). The van der Waals surface area contributed by atoms with E-state index in [1.165, 1.54) is 0 Å². The van der Waals surface area contributed by atoms with Gasteiger partial charge in [0.2, 0.25) is 0 Å². The third-order valence-corrected chi connectivity index (χ3v) is 4.96. The molecule has 0 saturated heterocycles. The van der Waals surface area contributed by atoms with Gasteiger partial charge in [0.15, 0.2) is 11.5 Å². The lowest BCUT2D eigenvalue weighted by molar-refractivity contribution is 0.340. The number of aryl methyl sites for hydroxylation is 1. The fourth-order valence-corrected chi connectivity index (χ4v) is 3.43. The van der Waals surface area contributed by atoms with Crippen LogP contribution in [-0.2, 0) is 0 Å². The molecular formula is C26H25NO4. The molecule has 1 heterocycles. The zero-order valence-electron chi connectivity index (χ0n) is 18.1. The smallest absolute Gasteiger partial charge is 0.161 e. The van der Waals surface area contributed by atoms with E-state index in [9.17, 15) is 0 Å². The summed E-state index contributed by atoms with van der Waals surface area (Å²) in [5.41, 5.74) is 3.63. The normalized spacial score (nSPS) is 11.5. The van der Waals surface area contributed by atoms with Gasteiger partial charge in [-0.05, 0) is 68.4 Å². The van der Waals surface area contributed by atoms with E-state index < -0.39 is 0 Å². The average Bonchev–Trinajstić information content (AvgIpc) is 2.80. The van der Waals surface area contributed by atoms with Crippen LogP contribution >= 0.6 is 0 Å². The Morgan fingerprint density at radius 1 is 0.839 bits per heavy atom. The van der Waals surface area contributed by atoms with Crippen LogP contribution in [0.3, 0.4) is 0 Å². The van der Waals surface area contributed by atoms with E-state index in [2.05, 4.69) is 13.0 Å². The van der Waals surface area contributed by atoms with Gasteiger partial charge in [0.1, 0.15) is 17.1 Å². The second-order valence-electron chi connectivity index (χ2n) is 7.10. The molecule has 4 aromatic rings. The number of ether oxygens (including phenoxy) is 3. The minimum absolute atomic E-state index is 0.634. The first-order chi connectivity index (χ1) is 15.1. The van der Waals surface area contributed by atoms with Crippen molar-refractivity contribution in [1.82, 2.24) is 0 Å². The number of benzene rings is 3. The van der Waals surface area contributed by atoms with E-state index in [4.69, 9.17) is 23.6 Å². The molecule has 31 heavy (non-hydrogen) atoms. The SMILES string of the molecule is CCOc1ccc(N=c2cc(-c3ccc(OC)c(OC)c3)oc3ccc(C)cc23)cc1. The van der Waals surface area contributed by atoms with Crippen molar-refractivity contribution in [2.75, 3.05) is 20.8 Å². The van der Waals surface area contributed by atoms with Gasteiger partial charge in [-0.25, -0.2) is 4.99 Å². The zero-order valence-corrected chi connectivity index (χ0v) is 18.1. The van der Waals surface area contributed by atoms with Crippen LogP contribution < -0.4 is 19.6 Å². The molecule has 0 spiro atoms. The Hall–Kier alpha value is -3.73. The van der Waals surface area contributed by atoms with Gasteiger partial charge in [-0.2, -0.15) is 0 Å². The van der Waals surface area contributed by atoms with Gasteiger partial charge in [-0.15, -0.1) is 0 Å². The first-order valence-corrected chi connectivity index (χ1v) is 10.2. The first kappa shape index (κ1) is 20.5. The molecule has 0 aliphatic carbocycles. The number of nitrogens with zero attached hydrogens (tertiary/aromatic N) is 1. The second-order valence-corrected chi connectivity index (χ2v) is 7.10. The van der Waals surface area contributed by atoms with Crippen molar-refractivity contribution in [2.45, 2.75) is 13.8 Å². The van der Waals surface area contributed by atoms with Crippen molar-refractivity contribution in [3.05, 3.63) is 77.7 Å². The van der Waals surface area contributed by atoms with Crippen LogP contribution in [0.1, 0.15) is 12.5 Å². The topological polar surface area (TPSA) is 53.2 Å². The minimum atomic E-state index is 0.634. The van der Waals surface area contributed by atoms with Crippen molar-refractivity contribution in [3.63, 3.8) is 0 Å². The lowest BCUT2D eigenvalue weighted by Gasteiger charge is -2.10. The molecule has 0 amide bonds. The second kappa shape index (κ2) is 8.96. The van der Waals surface area contributed by atoms with Crippen LogP contribution in [0.2, 0.25) is 0 Å². The molecule has 0 atom stereocenters. The molecule has 0 unspecified atom stereocenters. The number of hydrogen-bond acceptors (Lipinski definition) is 5. The van der Waals surface area contributed by atoms with Crippen LogP contribution in [0.4, 0.5) is 5.69 Å². The largest absolute Gasteiger partial charge is 0.494 e. The Labute approximate surface area is 181 Å². The summed E-state index contributed by atoms with van der Waals surface area (Å²) < 4.78 is 22.6. The van der Waals surface area contributed by atoms with Crippen LogP contribution in [0, 0.1) is 6.92 Å². The maximum absolute atomic E-state index is 6.23. The van der Waals surface area contributed by atoms with Gasteiger partial charge in [-0.1, -0.05) is 11.6 Å². The molecule has 0 aliphatic rings. The Balaban J connectivity index is 1.89. The highest BCUT2D eigenvalue weighted by Gasteiger charge is 2.10. The van der Waals surface area contributed by atoms with Gasteiger partial charge in [-0.3, -0.25) is 0 Å². The maximum atomic E-state index is 6.23. The Kier molecular flexibility index (Phi) is 5.94. The van der Waals surface area contributed by atoms with Gasteiger partial charge < -0.3 is 18.6 Å². The molecule has 0 saturated carbocycles. The predicted molar refractivity (Wildman–Crippen MR) is 122 cm³/mol. The van der Waals surface area contributed by atoms with E-state index in [0.29, 0.717) is 23.9 Å². The molecule has 5 heteroatoms. The van der Waals surface area contributed by atoms with Gasteiger partial charge in [0, 0.05) is 17.0 Å². The van der Waals surface area contributed by atoms with E-state index in [1.807, 2.05) is 67.6 Å². The Bertz CT molecular complexity index is 1270. The summed E-state index contributed by atoms with van der Waals surface area (Å²) >= 11 is 0. The standard InChI is InChI=1S/C26H25NO4/c1-5-30-20-10-8-19(9-11-20)27-22-16-25(31-23-12-6-17(2)14-21(22)23)18-7-13-24(28-3)26(15-18)29-4/h6-16H,5H2,1-4H3. The number of fused-ring (bicyclic) bond motifs is 1. The molecular weight excluding hydrogens is 390 g/mol. The monoisotopic (exact) mass is 415 g/mol. The lowest BCUT2D eigenvalue weighted by atomic mass is 10.1. The fraction of sp³-hybridized carbons (Fsp3) is 0.192. The summed E-state index contributed by atoms with van der Waals surface area (Å²) in [7, 11) is 3.24. The average molecular weight is 415 g/mol. The van der Waals surface area contributed by atoms with Gasteiger partial charge in [0.25, 0.3) is 0 Å². The fourth-order valence-electron chi connectivity index (χ4n) is 3.43.